The molecule has 2 aliphatic rings. The Morgan fingerprint density at radius 2 is 1.81 bits per heavy atom. The largest absolute Gasteiger partial charge is 0.385 e. The Labute approximate surface area is 157 Å². The van der Waals surface area contributed by atoms with E-state index in [1.165, 1.54) is 6.42 Å². The van der Waals surface area contributed by atoms with Crippen molar-refractivity contribution in [1.82, 2.24) is 15.5 Å². The van der Waals surface area contributed by atoms with Crippen LogP contribution in [-0.4, -0.2) is 76.4 Å². The number of likely N-dealkylation sites (tertiary alicyclic amines) is 1. The molecule has 0 radical (unpaired) electrons. The van der Waals surface area contributed by atoms with Crippen LogP contribution in [0.25, 0.3) is 0 Å². The maximum absolute atomic E-state index is 11.8. The second-order valence-corrected chi connectivity index (χ2v) is 7.15. The zero-order valence-electron chi connectivity index (χ0n) is 16.5. The lowest BCUT2D eigenvalue weighted by molar-refractivity contribution is -0.127. The van der Waals surface area contributed by atoms with Crippen LogP contribution >= 0.6 is 0 Å². The van der Waals surface area contributed by atoms with E-state index in [-0.39, 0.29) is 11.8 Å². The summed E-state index contributed by atoms with van der Waals surface area (Å²) in [5.74, 6) is 1.45. The lowest BCUT2D eigenvalue weighted by Gasteiger charge is -2.34. The molecule has 2 rings (SSSR count). The van der Waals surface area contributed by atoms with E-state index in [0.29, 0.717) is 6.10 Å². The first-order valence-corrected chi connectivity index (χ1v) is 10.1. The summed E-state index contributed by atoms with van der Waals surface area (Å²) in [7, 11) is 3.55. The van der Waals surface area contributed by atoms with E-state index in [1.54, 1.807) is 7.11 Å². The Morgan fingerprint density at radius 1 is 1.08 bits per heavy atom. The topological polar surface area (TPSA) is 75.2 Å². The normalized spacial score (nSPS) is 19.3. The number of aliphatic imine (C=N–C) groups is 1. The smallest absolute Gasteiger partial charge is 0.223 e. The van der Waals surface area contributed by atoms with Gasteiger partial charge < -0.3 is 25.0 Å². The van der Waals surface area contributed by atoms with Crippen molar-refractivity contribution in [3.05, 3.63) is 0 Å². The fourth-order valence-electron chi connectivity index (χ4n) is 3.33. The van der Waals surface area contributed by atoms with Crippen LogP contribution in [0.1, 0.15) is 44.9 Å². The lowest BCUT2D eigenvalue weighted by Crippen LogP contribution is -2.47. The maximum atomic E-state index is 11.8. The van der Waals surface area contributed by atoms with Crippen LogP contribution in [0.5, 0.6) is 0 Å². The van der Waals surface area contributed by atoms with E-state index in [1.807, 2.05) is 7.05 Å². The van der Waals surface area contributed by atoms with Gasteiger partial charge in [0.1, 0.15) is 0 Å². The van der Waals surface area contributed by atoms with E-state index < -0.39 is 0 Å². The van der Waals surface area contributed by atoms with Gasteiger partial charge in [0.25, 0.3) is 0 Å². The molecule has 0 aromatic heterocycles. The number of hydrogen-bond acceptors (Lipinski definition) is 4. The van der Waals surface area contributed by atoms with Gasteiger partial charge in [0.2, 0.25) is 5.91 Å². The first-order chi connectivity index (χ1) is 12.7. The summed E-state index contributed by atoms with van der Waals surface area (Å²) in [5, 5.41) is 6.44. The number of hydrogen-bond donors (Lipinski definition) is 2. The molecule has 1 aliphatic carbocycles. The van der Waals surface area contributed by atoms with Crippen LogP contribution in [0.3, 0.4) is 0 Å². The zero-order chi connectivity index (χ0) is 18.6. The Hall–Kier alpha value is -1.34. The molecule has 0 atom stereocenters. The molecule has 7 heteroatoms. The van der Waals surface area contributed by atoms with E-state index >= 15 is 0 Å². The highest BCUT2D eigenvalue weighted by Gasteiger charge is 2.24. The fourth-order valence-corrected chi connectivity index (χ4v) is 3.33. The summed E-state index contributed by atoms with van der Waals surface area (Å²) in [6.45, 7) is 5.02. The van der Waals surface area contributed by atoms with Crippen LogP contribution in [0.15, 0.2) is 4.99 Å². The van der Waals surface area contributed by atoms with Gasteiger partial charge in [0.15, 0.2) is 5.96 Å². The Kier molecular flexibility index (Phi) is 9.77. The van der Waals surface area contributed by atoms with Gasteiger partial charge in [0.05, 0.1) is 6.10 Å². The van der Waals surface area contributed by atoms with Gasteiger partial charge in [-0.05, 0) is 38.5 Å². The number of rotatable bonds is 10. The summed E-state index contributed by atoms with van der Waals surface area (Å²) < 4.78 is 11.0. The molecule has 150 valence electrons. The second-order valence-electron chi connectivity index (χ2n) is 7.15. The number of nitrogens with one attached hydrogen (secondary N) is 2. The minimum Gasteiger partial charge on any atom is -0.385 e. The number of carbonyl (C=O) groups excluding carboxylic acids is 1. The predicted molar refractivity (Wildman–Crippen MR) is 103 cm³/mol. The fraction of sp³-hybridized carbons (Fsp3) is 0.895. The van der Waals surface area contributed by atoms with Gasteiger partial charge in [-0.15, -0.1) is 0 Å². The SMILES string of the molecule is CN=C(NCCCNC(=O)C1CCC1)N1CCC(OCCCOC)CC1. The molecule has 26 heavy (non-hydrogen) atoms. The number of guanidine groups is 1. The van der Waals surface area contributed by atoms with Crippen LogP contribution in [0.4, 0.5) is 0 Å². The minimum absolute atomic E-state index is 0.230. The molecule has 0 aromatic rings. The van der Waals surface area contributed by atoms with Gasteiger partial charge in [-0.25, -0.2) is 0 Å². The average molecular weight is 369 g/mol. The van der Waals surface area contributed by atoms with Gasteiger partial charge in [-0.1, -0.05) is 6.42 Å². The molecule has 0 spiro atoms. The number of amides is 1. The van der Waals surface area contributed by atoms with Crippen molar-refractivity contribution in [3.63, 3.8) is 0 Å². The lowest BCUT2D eigenvalue weighted by atomic mass is 9.85. The average Bonchev–Trinajstić information content (AvgIpc) is 2.61. The Bertz CT molecular complexity index is 433. The van der Waals surface area contributed by atoms with Crippen molar-refractivity contribution in [2.24, 2.45) is 10.9 Å². The molecule has 0 unspecified atom stereocenters. The minimum atomic E-state index is 0.230. The van der Waals surface area contributed by atoms with E-state index in [9.17, 15) is 4.79 Å². The Balaban J connectivity index is 1.54. The first-order valence-electron chi connectivity index (χ1n) is 10.1. The number of ether oxygens (including phenoxy) is 2. The third kappa shape index (κ3) is 7.11. The van der Waals surface area contributed by atoms with Crippen LogP contribution < -0.4 is 10.6 Å². The van der Waals surface area contributed by atoms with E-state index in [4.69, 9.17) is 9.47 Å². The monoisotopic (exact) mass is 368 g/mol. The summed E-state index contributed by atoms with van der Waals surface area (Å²) in [6.07, 6.45) is 7.60. The van der Waals surface area contributed by atoms with Gasteiger partial charge in [-0.2, -0.15) is 0 Å². The molecule has 2 fully saturated rings. The quantitative estimate of drug-likeness (QED) is 0.346. The number of carbonyl (C=O) groups is 1. The highest BCUT2D eigenvalue weighted by Crippen LogP contribution is 2.26. The van der Waals surface area contributed by atoms with E-state index in [2.05, 4.69) is 20.5 Å². The Morgan fingerprint density at radius 3 is 2.42 bits per heavy atom. The maximum Gasteiger partial charge on any atom is 0.223 e. The summed E-state index contributed by atoms with van der Waals surface area (Å²) in [5.41, 5.74) is 0. The number of methoxy groups -OCH3 is 1. The van der Waals surface area contributed by atoms with Crippen LogP contribution in [-0.2, 0) is 14.3 Å². The van der Waals surface area contributed by atoms with Crippen LogP contribution in [0, 0.1) is 5.92 Å². The molecule has 7 nitrogen and oxygen atoms in total. The summed E-state index contributed by atoms with van der Waals surface area (Å²) >= 11 is 0. The van der Waals surface area contributed by atoms with Crippen molar-refractivity contribution in [2.45, 2.75) is 51.0 Å². The third-order valence-corrected chi connectivity index (χ3v) is 5.21. The zero-order valence-corrected chi connectivity index (χ0v) is 16.5. The second kappa shape index (κ2) is 12.1. The molecule has 0 aromatic carbocycles. The van der Waals surface area contributed by atoms with Crippen molar-refractivity contribution < 1.29 is 14.3 Å². The highest BCUT2D eigenvalue weighted by atomic mass is 16.5. The van der Waals surface area contributed by atoms with E-state index in [0.717, 1.165) is 83.9 Å². The third-order valence-electron chi connectivity index (χ3n) is 5.21. The predicted octanol–water partition coefficient (Wildman–Crippen LogP) is 1.39. The first kappa shape index (κ1) is 21.0. The standard InChI is InChI=1S/C19H36N4O3/c1-20-19(22-11-4-10-21-18(24)16-6-3-7-16)23-12-8-17(9-13-23)26-15-5-14-25-2/h16-17H,3-15H2,1-2H3,(H,20,22)(H,21,24). The molecule has 2 N–H and O–H groups in total. The van der Waals surface area contributed by atoms with Gasteiger partial charge in [0, 0.05) is 59.5 Å². The van der Waals surface area contributed by atoms with Crippen LogP contribution in [0.2, 0.25) is 0 Å². The summed E-state index contributed by atoms with van der Waals surface area (Å²) in [4.78, 5) is 18.5. The molecule has 1 amide bonds. The molecule has 1 saturated carbocycles. The molecular formula is C19H36N4O3. The van der Waals surface area contributed by atoms with Gasteiger partial charge in [-0.3, -0.25) is 9.79 Å². The molecule has 1 saturated heterocycles. The van der Waals surface area contributed by atoms with Crippen molar-refractivity contribution in [2.75, 3.05) is 53.6 Å². The van der Waals surface area contributed by atoms with Crippen molar-refractivity contribution in [1.29, 1.82) is 0 Å². The molecule has 1 heterocycles. The van der Waals surface area contributed by atoms with Crippen molar-refractivity contribution >= 4 is 11.9 Å². The van der Waals surface area contributed by atoms with Gasteiger partial charge >= 0.3 is 0 Å². The molecule has 0 bridgehead atoms. The number of piperidine rings is 1. The number of nitrogens with zero attached hydrogens (tertiary/aromatic N) is 2. The molecule has 1 aliphatic heterocycles. The highest BCUT2D eigenvalue weighted by molar-refractivity contribution is 5.80. The van der Waals surface area contributed by atoms with Crippen molar-refractivity contribution in [3.8, 4) is 0 Å². The summed E-state index contributed by atoms with van der Waals surface area (Å²) in [6, 6.07) is 0. The molecular weight excluding hydrogens is 332 g/mol.